The van der Waals surface area contributed by atoms with Gasteiger partial charge in [0.05, 0.1) is 0 Å². The van der Waals surface area contributed by atoms with Gasteiger partial charge < -0.3 is 5.32 Å². The molecule has 1 aliphatic rings. The molecule has 1 fully saturated rings. The van der Waals surface area contributed by atoms with Gasteiger partial charge in [-0.05, 0) is 38.5 Å². The van der Waals surface area contributed by atoms with Crippen molar-refractivity contribution in [3.05, 3.63) is 12.7 Å². The Morgan fingerprint density at radius 2 is 1.86 bits per heavy atom. The highest BCUT2D eigenvalue weighted by Crippen LogP contribution is 2.20. The van der Waals surface area contributed by atoms with Crippen molar-refractivity contribution in [2.24, 2.45) is 0 Å². The molecule has 1 N–H and O–H groups in total. The third-order valence-corrected chi connectivity index (χ3v) is 3.20. The maximum Gasteiger partial charge on any atom is 0.00703 e. The molecule has 2 atom stereocenters. The number of nitrogens with one attached hydrogen (secondary N) is 1. The van der Waals surface area contributed by atoms with Gasteiger partial charge in [0.2, 0.25) is 0 Å². The van der Waals surface area contributed by atoms with Crippen LogP contribution in [0.3, 0.4) is 0 Å². The van der Waals surface area contributed by atoms with Gasteiger partial charge in [-0.25, -0.2) is 0 Å². The van der Waals surface area contributed by atoms with Crippen molar-refractivity contribution in [1.82, 2.24) is 5.32 Å². The van der Waals surface area contributed by atoms with E-state index in [9.17, 15) is 0 Å². The second kappa shape index (κ2) is 7.05. The molecule has 1 saturated heterocycles. The van der Waals surface area contributed by atoms with Crippen LogP contribution < -0.4 is 5.32 Å². The summed E-state index contributed by atoms with van der Waals surface area (Å²) in [7, 11) is 0. The lowest BCUT2D eigenvalue weighted by atomic mass is 10.1. The van der Waals surface area contributed by atoms with Crippen molar-refractivity contribution in [2.75, 3.05) is 0 Å². The minimum atomic E-state index is 0.803. The fourth-order valence-electron chi connectivity index (χ4n) is 2.32. The van der Waals surface area contributed by atoms with Gasteiger partial charge in [0.15, 0.2) is 0 Å². The topological polar surface area (TPSA) is 12.0 Å². The van der Waals surface area contributed by atoms with Crippen molar-refractivity contribution in [3.63, 3.8) is 0 Å². The molecule has 0 amide bonds. The molecule has 0 bridgehead atoms. The maximum absolute atomic E-state index is 3.76. The molecule has 1 heterocycles. The van der Waals surface area contributed by atoms with Crippen molar-refractivity contribution >= 4 is 0 Å². The third kappa shape index (κ3) is 4.28. The van der Waals surface area contributed by atoms with Crippen LogP contribution in [0.25, 0.3) is 0 Å². The molecule has 1 aliphatic heterocycles. The summed E-state index contributed by atoms with van der Waals surface area (Å²) in [6.45, 7) is 6.03. The second-order valence-electron chi connectivity index (χ2n) is 4.50. The summed E-state index contributed by atoms with van der Waals surface area (Å²) in [5, 5.41) is 3.75. The lowest BCUT2D eigenvalue weighted by molar-refractivity contribution is 0.472. The number of unbranched alkanes of at least 4 members (excludes halogenated alkanes) is 2. The molecule has 2 unspecified atom stereocenters. The van der Waals surface area contributed by atoms with E-state index < -0.39 is 0 Å². The van der Waals surface area contributed by atoms with E-state index in [1.807, 2.05) is 6.08 Å². The highest BCUT2D eigenvalue weighted by molar-refractivity contribution is 4.83. The summed E-state index contributed by atoms with van der Waals surface area (Å²) in [6.07, 6.45) is 12.8. The number of hydrogen-bond acceptors (Lipinski definition) is 1. The number of hydrogen-bond donors (Lipinski definition) is 1. The maximum atomic E-state index is 3.76. The van der Waals surface area contributed by atoms with Crippen LogP contribution in [0, 0.1) is 0 Å². The van der Waals surface area contributed by atoms with Crippen LogP contribution in [0.1, 0.15) is 58.3 Å². The smallest absolute Gasteiger partial charge is 0.00703 e. The van der Waals surface area contributed by atoms with Gasteiger partial charge >= 0.3 is 0 Å². The SMILES string of the molecule is C=CCCCC1CCC(CCCC)N1. The highest BCUT2D eigenvalue weighted by atomic mass is 15.0. The van der Waals surface area contributed by atoms with E-state index in [1.54, 1.807) is 0 Å². The first-order chi connectivity index (χ1) is 6.86. The van der Waals surface area contributed by atoms with Crippen LogP contribution in [0.2, 0.25) is 0 Å². The summed E-state index contributed by atoms with van der Waals surface area (Å²) in [4.78, 5) is 0. The first-order valence-electron chi connectivity index (χ1n) is 6.23. The highest BCUT2D eigenvalue weighted by Gasteiger charge is 2.21. The molecular weight excluding hydrogens is 170 g/mol. The zero-order valence-electron chi connectivity index (χ0n) is 9.60. The second-order valence-corrected chi connectivity index (χ2v) is 4.50. The van der Waals surface area contributed by atoms with Gasteiger partial charge in [-0.15, -0.1) is 6.58 Å². The molecule has 0 aromatic heterocycles. The van der Waals surface area contributed by atoms with Crippen LogP contribution in [-0.4, -0.2) is 12.1 Å². The zero-order chi connectivity index (χ0) is 10.2. The molecule has 82 valence electrons. The average Bonchev–Trinajstić information content (AvgIpc) is 2.63. The van der Waals surface area contributed by atoms with Gasteiger partial charge in [-0.1, -0.05) is 25.8 Å². The number of rotatable bonds is 7. The van der Waals surface area contributed by atoms with Crippen LogP contribution in [0.4, 0.5) is 0 Å². The zero-order valence-corrected chi connectivity index (χ0v) is 9.60. The van der Waals surface area contributed by atoms with Crippen molar-refractivity contribution in [1.29, 1.82) is 0 Å². The largest absolute Gasteiger partial charge is 0.311 e. The first-order valence-corrected chi connectivity index (χ1v) is 6.23. The average molecular weight is 195 g/mol. The minimum Gasteiger partial charge on any atom is -0.311 e. The molecule has 1 heteroatoms. The summed E-state index contributed by atoms with van der Waals surface area (Å²) in [5.74, 6) is 0. The van der Waals surface area contributed by atoms with E-state index in [2.05, 4.69) is 18.8 Å². The fraction of sp³-hybridized carbons (Fsp3) is 0.846. The Morgan fingerprint density at radius 1 is 1.21 bits per heavy atom. The lowest BCUT2D eigenvalue weighted by Gasteiger charge is -2.13. The van der Waals surface area contributed by atoms with Crippen molar-refractivity contribution < 1.29 is 0 Å². The molecule has 0 spiro atoms. The Morgan fingerprint density at radius 3 is 2.43 bits per heavy atom. The Balaban J connectivity index is 2.04. The molecule has 1 nitrogen and oxygen atoms in total. The Labute approximate surface area is 89.0 Å². The summed E-state index contributed by atoms with van der Waals surface area (Å²) >= 11 is 0. The van der Waals surface area contributed by atoms with Gasteiger partial charge in [-0.2, -0.15) is 0 Å². The fourth-order valence-corrected chi connectivity index (χ4v) is 2.32. The molecule has 0 aromatic rings. The quantitative estimate of drug-likeness (QED) is 0.483. The summed E-state index contributed by atoms with van der Waals surface area (Å²) < 4.78 is 0. The molecular formula is C13H25N. The van der Waals surface area contributed by atoms with Crippen LogP contribution in [0.15, 0.2) is 12.7 Å². The summed E-state index contributed by atoms with van der Waals surface area (Å²) in [6, 6.07) is 1.63. The molecule has 0 saturated carbocycles. The third-order valence-electron chi connectivity index (χ3n) is 3.20. The van der Waals surface area contributed by atoms with E-state index in [1.165, 1.54) is 51.4 Å². The Hall–Kier alpha value is -0.300. The van der Waals surface area contributed by atoms with Gasteiger partial charge in [-0.3, -0.25) is 0 Å². The normalized spacial score (nSPS) is 26.6. The molecule has 1 rings (SSSR count). The monoisotopic (exact) mass is 195 g/mol. The van der Waals surface area contributed by atoms with Gasteiger partial charge in [0.1, 0.15) is 0 Å². The van der Waals surface area contributed by atoms with E-state index >= 15 is 0 Å². The van der Waals surface area contributed by atoms with Crippen LogP contribution in [-0.2, 0) is 0 Å². The standard InChI is InChI=1S/C13H25N/c1-3-5-7-9-13-11-10-12(14-13)8-6-4-2/h3,12-14H,1,4-11H2,2H3. The molecule has 0 radical (unpaired) electrons. The van der Waals surface area contributed by atoms with E-state index in [-0.39, 0.29) is 0 Å². The Kier molecular flexibility index (Phi) is 5.93. The van der Waals surface area contributed by atoms with Crippen LogP contribution in [0.5, 0.6) is 0 Å². The predicted octanol–water partition coefficient (Wildman–Crippen LogP) is 3.65. The Bertz CT molecular complexity index is 153. The van der Waals surface area contributed by atoms with E-state index in [4.69, 9.17) is 0 Å². The first kappa shape index (κ1) is 11.8. The van der Waals surface area contributed by atoms with Crippen LogP contribution >= 0.6 is 0 Å². The molecule has 0 aromatic carbocycles. The van der Waals surface area contributed by atoms with Crippen molar-refractivity contribution in [2.45, 2.75) is 70.4 Å². The predicted molar refractivity (Wildman–Crippen MR) is 63.5 cm³/mol. The van der Waals surface area contributed by atoms with Gasteiger partial charge in [0, 0.05) is 12.1 Å². The summed E-state index contributed by atoms with van der Waals surface area (Å²) in [5.41, 5.74) is 0. The van der Waals surface area contributed by atoms with Gasteiger partial charge in [0.25, 0.3) is 0 Å². The molecule has 14 heavy (non-hydrogen) atoms. The lowest BCUT2D eigenvalue weighted by Crippen LogP contribution is -2.29. The minimum absolute atomic E-state index is 0.803. The van der Waals surface area contributed by atoms with E-state index in [0.717, 1.165) is 12.1 Å². The number of allylic oxidation sites excluding steroid dienone is 1. The molecule has 0 aliphatic carbocycles. The van der Waals surface area contributed by atoms with Crippen molar-refractivity contribution in [3.8, 4) is 0 Å². The van der Waals surface area contributed by atoms with E-state index in [0.29, 0.717) is 0 Å².